The lowest BCUT2D eigenvalue weighted by Crippen LogP contribution is -2.56. The molecule has 46 heavy (non-hydrogen) atoms. The van der Waals surface area contributed by atoms with E-state index in [1.807, 2.05) is 110 Å². The first-order chi connectivity index (χ1) is 22.1. The van der Waals surface area contributed by atoms with Crippen molar-refractivity contribution in [1.82, 2.24) is 15.5 Å². The maximum Gasteiger partial charge on any atom is 0.246 e. The minimum absolute atomic E-state index is 0.000199. The van der Waals surface area contributed by atoms with Crippen LogP contribution in [-0.2, 0) is 19.8 Å². The normalized spacial score (nSPS) is 22.4. The number of halogens is 1. The Kier molecular flexibility index (Phi) is 9.26. The standard InChI is InChI=1S/C38H45ClN4O3/c1-24-11-5-6-12-28(24)33(29-13-7-9-15-31(29)39)34(41-35(44)25-17-18-26(23-25)40-4)36(45)42-21-19-27(20-22-42)43-32-16-10-8-14-30(32)38(2,3)37(43)46/h5-16,25-27,33-34,40H,17-23H2,1-4H3,(H,41,44)/t25-,26+,33-,34?/m0/s1. The first-order valence-corrected chi connectivity index (χ1v) is 17.0. The highest BCUT2D eigenvalue weighted by Gasteiger charge is 2.47. The van der Waals surface area contributed by atoms with Gasteiger partial charge in [0.2, 0.25) is 17.7 Å². The number of amides is 3. The monoisotopic (exact) mass is 640 g/mol. The zero-order valence-electron chi connectivity index (χ0n) is 27.3. The minimum Gasteiger partial charge on any atom is -0.343 e. The van der Waals surface area contributed by atoms with Crippen LogP contribution in [0.25, 0.3) is 0 Å². The molecule has 3 aliphatic rings. The summed E-state index contributed by atoms with van der Waals surface area (Å²) < 4.78 is 0. The number of rotatable bonds is 8. The number of aryl methyl sites for hydroxylation is 1. The molecule has 1 unspecified atom stereocenters. The number of hydrogen-bond donors (Lipinski definition) is 2. The molecular weight excluding hydrogens is 596 g/mol. The molecule has 2 aliphatic heterocycles. The van der Waals surface area contributed by atoms with Crippen LogP contribution in [-0.4, -0.2) is 60.9 Å². The van der Waals surface area contributed by atoms with Crippen molar-refractivity contribution in [3.8, 4) is 0 Å². The SMILES string of the molecule is CN[C@@H]1CC[C@H](C(=O)NC(C(=O)N2CCC(N3C(=O)C(C)(C)c4ccccc43)CC2)[C@@H](c2ccccc2C)c2ccccc2Cl)C1. The number of para-hydroxylation sites is 1. The van der Waals surface area contributed by atoms with E-state index in [4.69, 9.17) is 11.6 Å². The number of carbonyl (C=O) groups excluding carboxylic acids is 3. The van der Waals surface area contributed by atoms with Crippen LogP contribution in [0, 0.1) is 12.8 Å². The molecule has 6 rings (SSSR count). The lowest BCUT2D eigenvalue weighted by molar-refractivity contribution is -0.138. The molecule has 1 aliphatic carbocycles. The van der Waals surface area contributed by atoms with Gasteiger partial charge in [-0.2, -0.15) is 0 Å². The van der Waals surface area contributed by atoms with Gasteiger partial charge in [-0.05, 0) is 94.3 Å². The van der Waals surface area contributed by atoms with Gasteiger partial charge in [-0.1, -0.05) is 72.3 Å². The highest BCUT2D eigenvalue weighted by molar-refractivity contribution is 6.31. The summed E-state index contributed by atoms with van der Waals surface area (Å²) in [6, 6.07) is 23.2. The molecule has 3 amide bonds. The molecule has 2 fully saturated rings. The number of benzene rings is 3. The maximum absolute atomic E-state index is 14.7. The van der Waals surface area contributed by atoms with Crippen molar-refractivity contribution >= 4 is 35.0 Å². The summed E-state index contributed by atoms with van der Waals surface area (Å²) in [6.45, 7) is 7.01. The van der Waals surface area contributed by atoms with E-state index in [0.717, 1.165) is 47.2 Å². The van der Waals surface area contributed by atoms with E-state index in [9.17, 15) is 14.4 Å². The number of likely N-dealkylation sites (tertiary alicyclic amines) is 1. The third-order valence-corrected chi connectivity index (χ3v) is 10.9. The Bertz CT molecular complexity index is 1570. The third kappa shape index (κ3) is 5.95. The van der Waals surface area contributed by atoms with Crippen LogP contribution in [0.4, 0.5) is 5.69 Å². The van der Waals surface area contributed by atoms with E-state index in [-0.39, 0.29) is 29.7 Å². The average Bonchev–Trinajstić information content (AvgIpc) is 3.63. The second kappa shape index (κ2) is 13.2. The second-order valence-electron chi connectivity index (χ2n) is 13.7. The van der Waals surface area contributed by atoms with Gasteiger partial charge in [-0.25, -0.2) is 0 Å². The van der Waals surface area contributed by atoms with Crippen LogP contribution in [0.1, 0.15) is 74.1 Å². The first-order valence-electron chi connectivity index (χ1n) is 16.6. The first kappa shape index (κ1) is 32.3. The van der Waals surface area contributed by atoms with Crippen LogP contribution < -0.4 is 15.5 Å². The topological polar surface area (TPSA) is 81.8 Å². The van der Waals surface area contributed by atoms with Crippen LogP contribution in [0.15, 0.2) is 72.8 Å². The van der Waals surface area contributed by atoms with E-state index in [1.54, 1.807) is 0 Å². The van der Waals surface area contributed by atoms with Gasteiger partial charge in [0.1, 0.15) is 6.04 Å². The quantitative estimate of drug-likeness (QED) is 0.318. The number of hydrogen-bond acceptors (Lipinski definition) is 4. The molecule has 0 spiro atoms. The molecule has 1 saturated heterocycles. The molecule has 3 aromatic carbocycles. The van der Waals surface area contributed by atoms with E-state index >= 15 is 0 Å². The van der Waals surface area contributed by atoms with Crippen molar-refractivity contribution in [2.24, 2.45) is 5.92 Å². The molecule has 2 N–H and O–H groups in total. The van der Waals surface area contributed by atoms with Gasteiger partial charge in [0.05, 0.1) is 5.41 Å². The summed E-state index contributed by atoms with van der Waals surface area (Å²) in [5.41, 5.74) is 4.25. The summed E-state index contributed by atoms with van der Waals surface area (Å²) in [7, 11) is 1.93. The van der Waals surface area contributed by atoms with E-state index < -0.39 is 17.4 Å². The van der Waals surface area contributed by atoms with Crippen molar-refractivity contribution in [1.29, 1.82) is 0 Å². The smallest absolute Gasteiger partial charge is 0.246 e. The fourth-order valence-electron chi connectivity index (χ4n) is 7.87. The average molecular weight is 641 g/mol. The number of nitrogens with one attached hydrogen (secondary N) is 2. The Hall–Kier alpha value is -3.68. The molecule has 0 aromatic heterocycles. The third-order valence-electron chi connectivity index (χ3n) is 10.6. The van der Waals surface area contributed by atoms with E-state index in [2.05, 4.69) is 10.6 Å². The number of fused-ring (bicyclic) bond motifs is 1. The van der Waals surface area contributed by atoms with Crippen molar-refractivity contribution < 1.29 is 14.4 Å². The highest BCUT2D eigenvalue weighted by atomic mass is 35.5. The molecular formula is C38H45ClN4O3. The van der Waals surface area contributed by atoms with E-state index in [0.29, 0.717) is 37.0 Å². The fraction of sp³-hybridized carbons (Fsp3) is 0.447. The van der Waals surface area contributed by atoms with Crippen molar-refractivity contribution in [3.63, 3.8) is 0 Å². The summed E-state index contributed by atoms with van der Waals surface area (Å²) in [6.07, 6.45) is 3.79. The highest BCUT2D eigenvalue weighted by Crippen LogP contribution is 2.44. The van der Waals surface area contributed by atoms with Gasteiger partial charge >= 0.3 is 0 Å². The van der Waals surface area contributed by atoms with Crippen LogP contribution in [0.2, 0.25) is 5.02 Å². The predicted octanol–water partition coefficient (Wildman–Crippen LogP) is 5.97. The maximum atomic E-state index is 14.7. The lowest BCUT2D eigenvalue weighted by atomic mass is 9.81. The van der Waals surface area contributed by atoms with Gasteiger partial charge < -0.3 is 20.4 Å². The molecule has 8 heteroatoms. The largest absolute Gasteiger partial charge is 0.343 e. The van der Waals surface area contributed by atoms with Crippen LogP contribution in [0.5, 0.6) is 0 Å². The van der Waals surface area contributed by atoms with Gasteiger partial charge in [0.15, 0.2) is 0 Å². The Morgan fingerprint density at radius 1 is 0.891 bits per heavy atom. The van der Waals surface area contributed by atoms with Crippen LogP contribution in [0.3, 0.4) is 0 Å². The number of carbonyl (C=O) groups is 3. The molecule has 1 saturated carbocycles. The molecule has 2 heterocycles. The number of nitrogens with zero attached hydrogens (tertiary/aromatic N) is 2. The summed E-state index contributed by atoms with van der Waals surface area (Å²) in [5, 5.41) is 7.14. The van der Waals surface area contributed by atoms with E-state index in [1.165, 1.54) is 0 Å². The Balaban J connectivity index is 1.30. The van der Waals surface area contributed by atoms with Crippen molar-refractivity contribution in [3.05, 3.63) is 100 Å². The summed E-state index contributed by atoms with van der Waals surface area (Å²) in [5.74, 6) is -0.724. The van der Waals surface area contributed by atoms with Gasteiger partial charge in [0.25, 0.3) is 0 Å². The zero-order valence-corrected chi connectivity index (χ0v) is 28.0. The fourth-order valence-corrected chi connectivity index (χ4v) is 8.13. The molecule has 0 bridgehead atoms. The number of piperidine rings is 1. The van der Waals surface area contributed by atoms with Crippen LogP contribution >= 0.6 is 11.6 Å². The van der Waals surface area contributed by atoms with Gasteiger partial charge in [0, 0.05) is 47.7 Å². The summed E-state index contributed by atoms with van der Waals surface area (Å²) in [4.78, 5) is 46.1. The molecule has 7 nitrogen and oxygen atoms in total. The lowest BCUT2D eigenvalue weighted by Gasteiger charge is -2.40. The van der Waals surface area contributed by atoms with Crippen molar-refractivity contribution in [2.75, 3.05) is 25.0 Å². The number of anilines is 1. The molecule has 0 radical (unpaired) electrons. The summed E-state index contributed by atoms with van der Waals surface area (Å²) >= 11 is 6.84. The van der Waals surface area contributed by atoms with Gasteiger partial charge in [-0.15, -0.1) is 0 Å². The Labute approximate surface area is 277 Å². The molecule has 242 valence electrons. The Morgan fingerprint density at radius 2 is 1.54 bits per heavy atom. The Morgan fingerprint density at radius 3 is 2.22 bits per heavy atom. The predicted molar refractivity (Wildman–Crippen MR) is 183 cm³/mol. The molecule has 3 aromatic rings. The van der Waals surface area contributed by atoms with Crippen molar-refractivity contribution in [2.45, 2.75) is 82.3 Å². The molecule has 4 atom stereocenters. The minimum atomic E-state index is -0.841. The zero-order chi connectivity index (χ0) is 32.6. The second-order valence-corrected chi connectivity index (χ2v) is 14.1. The van der Waals surface area contributed by atoms with Gasteiger partial charge in [-0.3, -0.25) is 14.4 Å².